The summed E-state index contributed by atoms with van der Waals surface area (Å²) in [6.45, 7) is 2.29. The summed E-state index contributed by atoms with van der Waals surface area (Å²) in [6.07, 6.45) is 12.9. The second kappa shape index (κ2) is 9.15. The van der Waals surface area contributed by atoms with Gasteiger partial charge in [0.15, 0.2) is 0 Å². The number of nitrogens with zero attached hydrogens (tertiary/aromatic N) is 1. The summed E-state index contributed by atoms with van der Waals surface area (Å²) in [5.41, 5.74) is 5.26. The normalized spacial score (nSPS) is 22.8. The number of aromatic nitrogens is 2. The maximum Gasteiger partial charge on any atom is 0.337 e. The predicted molar refractivity (Wildman–Crippen MR) is 141 cm³/mol. The largest absolute Gasteiger partial charge is 0.496 e. The summed E-state index contributed by atoms with van der Waals surface area (Å²) < 4.78 is 8.15. The van der Waals surface area contributed by atoms with Gasteiger partial charge >= 0.3 is 5.97 Å². The van der Waals surface area contributed by atoms with Gasteiger partial charge in [-0.3, -0.25) is 0 Å². The van der Waals surface area contributed by atoms with Crippen molar-refractivity contribution in [1.82, 2.24) is 9.55 Å². The monoisotopic (exact) mass is 488 g/mol. The Labute approximate surface area is 211 Å². The van der Waals surface area contributed by atoms with Crippen LogP contribution in [-0.2, 0) is 0 Å². The lowest BCUT2D eigenvalue weighted by atomic mass is 9.69. The molecular weight excluding hydrogens is 452 g/mol. The van der Waals surface area contributed by atoms with Gasteiger partial charge < -0.3 is 24.5 Å². The van der Waals surface area contributed by atoms with Crippen molar-refractivity contribution in [3.8, 4) is 5.75 Å². The lowest BCUT2D eigenvalue weighted by Gasteiger charge is -2.37. The number of benzene rings is 1. The van der Waals surface area contributed by atoms with E-state index in [-0.39, 0.29) is 24.4 Å². The topological polar surface area (TPSA) is 87.5 Å². The fourth-order valence-corrected chi connectivity index (χ4v) is 7.34. The minimum Gasteiger partial charge on any atom is -0.496 e. The summed E-state index contributed by atoms with van der Waals surface area (Å²) >= 11 is 0. The van der Waals surface area contributed by atoms with Gasteiger partial charge in [0.1, 0.15) is 5.75 Å². The molecule has 0 radical (unpaired) electrons. The Balaban J connectivity index is 1.72. The number of rotatable bonds is 5. The Morgan fingerprint density at radius 1 is 1.19 bits per heavy atom. The molecule has 6 rings (SSSR count). The number of aliphatic hydroxyl groups excluding tert-OH is 1. The lowest BCUT2D eigenvalue weighted by Crippen LogP contribution is -2.34. The van der Waals surface area contributed by atoms with Crippen molar-refractivity contribution in [2.75, 3.05) is 13.7 Å². The number of fused-ring (bicyclic) bond motifs is 6. The molecule has 3 heterocycles. The van der Waals surface area contributed by atoms with Crippen LogP contribution in [0.4, 0.5) is 0 Å². The number of hydrogen-bond acceptors (Lipinski definition) is 3. The van der Waals surface area contributed by atoms with E-state index >= 15 is 0 Å². The average Bonchev–Trinajstić information content (AvgIpc) is 3.47. The molecule has 6 heteroatoms. The van der Waals surface area contributed by atoms with E-state index in [0.29, 0.717) is 11.5 Å². The summed E-state index contributed by atoms with van der Waals surface area (Å²) in [4.78, 5) is 15.6. The van der Waals surface area contributed by atoms with E-state index in [1.807, 2.05) is 0 Å². The van der Waals surface area contributed by atoms with Gasteiger partial charge in [0, 0.05) is 46.6 Å². The second-order valence-corrected chi connectivity index (χ2v) is 11.0. The van der Waals surface area contributed by atoms with E-state index in [1.54, 1.807) is 13.3 Å². The summed E-state index contributed by atoms with van der Waals surface area (Å²) in [7, 11) is 1.73. The van der Waals surface area contributed by atoms with Gasteiger partial charge in [0.25, 0.3) is 0 Å². The molecule has 2 fully saturated rings. The lowest BCUT2D eigenvalue weighted by molar-refractivity contribution is 0.0696. The highest BCUT2D eigenvalue weighted by atomic mass is 16.5. The molecule has 0 spiro atoms. The van der Waals surface area contributed by atoms with E-state index in [0.717, 1.165) is 46.5 Å². The molecule has 1 aliphatic heterocycles. The maximum absolute atomic E-state index is 12.2. The molecule has 3 N–H and O–H groups in total. The van der Waals surface area contributed by atoms with Crippen molar-refractivity contribution in [2.24, 2.45) is 11.8 Å². The molecule has 0 amide bonds. The first-order valence-electron chi connectivity index (χ1n) is 13.5. The van der Waals surface area contributed by atoms with Crippen molar-refractivity contribution in [3.05, 3.63) is 51.8 Å². The minimum absolute atomic E-state index is 0.106. The smallest absolute Gasteiger partial charge is 0.337 e. The highest BCUT2D eigenvalue weighted by Crippen LogP contribution is 2.49. The van der Waals surface area contributed by atoms with Gasteiger partial charge in [-0.2, -0.15) is 0 Å². The van der Waals surface area contributed by atoms with Crippen LogP contribution in [0, 0.1) is 11.8 Å². The molecule has 1 aromatic carbocycles. The fourth-order valence-electron chi connectivity index (χ4n) is 7.34. The van der Waals surface area contributed by atoms with Crippen LogP contribution in [0.25, 0.3) is 22.7 Å². The van der Waals surface area contributed by atoms with Crippen LogP contribution in [-0.4, -0.2) is 39.5 Å². The van der Waals surface area contributed by atoms with Crippen molar-refractivity contribution in [2.45, 2.75) is 70.1 Å². The van der Waals surface area contributed by atoms with Gasteiger partial charge in [-0.1, -0.05) is 32.3 Å². The van der Waals surface area contributed by atoms with Gasteiger partial charge in [0.05, 0.1) is 18.2 Å². The first kappa shape index (κ1) is 23.4. The van der Waals surface area contributed by atoms with Crippen molar-refractivity contribution < 1.29 is 19.7 Å². The van der Waals surface area contributed by atoms with Crippen LogP contribution >= 0.6 is 0 Å². The zero-order valence-corrected chi connectivity index (χ0v) is 21.2. The molecule has 190 valence electrons. The summed E-state index contributed by atoms with van der Waals surface area (Å²) in [5.74, 6) is 0.968. The Hall–Kier alpha value is -2.99. The molecule has 0 bridgehead atoms. The van der Waals surface area contributed by atoms with Crippen LogP contribution in [0.3, 0.4) is 0 Å². The number of carbonyl (C=O) groups is 1. The molecular formula is C30H36N2O4. The molecule has 0 saturated heterocycles. The van der Waals surface area contributed by atoms with E-state index in [1.165, 1.54) is 48.9 Å². The van der Waals surface area contributed by atoms with Crippen molar-refractivity contribution in [3.63, 3.8) is 0 Å². The Morgan fingerprint density at radius 3 is 2.72 bits per heavy atom. The second-order valence-electron chi connectivity index (χ2n) is 11.0. The van der Waals surface area contributed by atoms with Gasteiger partial charge in [0.2, 0.25) is 0 Å². The summed E-state index contributed by atoms with van der Waals surface area (Å²) in [6, 6.07) is 6.63. The molecule has 3 atom stereocenters. The number of H-pyrrole nitrogens is 1. The van der Waals surface area contributed by atoms with Gasteiger partial charge in [-0.05, 0) is 73.1 Å². The third kappa shape index (κ3) is 3.52. The molecule has 2 saturated carbocycles. The van der Waals surface area contributed by atoms with Crippen LogP contribution in [0.2, 0.25) is 0 Å². The number of aromatic amines is 1. The van der Waals surface area contributed by atoms with E-state index < -0.39 is 5.97 Å². The third-order valence-corrected chi connectivity index (χ3v) is 9.14. The predicted octanol–water partition coefficient (Wildman–Crippen LogP) is 4.69. The van der Waals surface area contributed by atoms with E-state index in [2.05, 4.69) is 40.9 Å². The number of carboxylic acids is 1. The molecule has 2 aromatic heterocycles. The van der Waals surface area contributed by atoms with Crippen molar-refractivity contribution >= 4 is 28.6 Å². The number of nitrogens with one attached hydrogen (secondary N) is 1. The number of ether oxygens (including phenoxy) is 1. The van der Waals surface area contributed by atoms with E-state index in [9.17, 15) is 15.0 Å². The quantitative estimate of drug-likeness (QED) is 0.486. The van der Waals surface area contributed by atoms with Crippen molar-refractivity contribution in [1.29, 1.82) is 0 Å². The molecule has 6 nitrogen and oxygen atoms in total. The molecule has 2 unspecified atom stereocenters. The molecule has 3 aromatic rings. The number of aromatic carboxylic acids is 1. The van der Waals surface area contributed by atoms with Crippen LogP contribution in [0.1, 0.15) is 91.7 Å². The standard InChI is InChI=1S/C30H36N2O4/c1-17(16-33)19-9-6-10-21-27(19)25-13-22-26(36-2)12-11-20(18-7-4-3-5-8-18)29(22)32(25)15-24-23(30(34)35)14-31-28(21)24/h11-15,17-19,27,31,33H,3-10,16H2,1-2H3,(H,34,35)/t17?,19?,27-/m1/s1. The average molecular weight is 489 g/mol. The summed E-state index contributed by atoms with van der Waals surface area (Å²) in [5, 5.41) is 23.0. The zero-order valence-electron chi connectivity index (χ0n) is 21.2. The SMILES string of the molecule is COc1ccc(C2CCCCC2)c2c1cc1n2C=c2c(C(=O)O)c[nH]c2=C2CCCC(C(C)CO)[C@H]21. The number of methoxy groups -OCH3 is 1. The molecule has 3 aliphatic rings. The maximum atomic E-state index is 12.2. The number of hydrogen-bond donors (Lipinski definition) is 3. The number of aliphatic hydroxyl groups is 1. The Kier molecular flexibility index (Phi) is 5.95. The molecule has 2 aliphatic carbocycles. The minimum atomic E-state index is -0.915. The molecule has 36 heavy (non-hydrogen) atoms. The van der Waals surface area contributed by atoms with Crippen LogP contribution in [0.5, 0.6) is 5.75 Å². The highest BCUT2D eigenvalue weighted by Gasteiger charge is 2.38. The highest BCUT2D eigenvalue weighted by molar-refractivity contribution is 5.94. The van der Waals surface area contributed by atoms with Crippen LogP contribution in [0.15, 0.2) is 24.4 Å². The Bertz CT molecular complexity index is 1440. The number of carboxylic acid groups (broad SMARTS) is 1. The first-order chi connectivity index (χ1) is 17.5. The first-order valence-corrected chi connectivity index (χ1v) is 13.5. The van der Waals surface area contributed by atoms with Gasteiger partial charge in [-0.15, -0.1) is 0 Å². The fraction of sp³-hybridized carbons (Fsp3) is 0.500. The van der Waals surface area contributed by atoms with Gasteiger partial charge in [-0.25, -0.2) is 4.79 Å². The van der Waals surface area contributed by atoms with Crippen LogP contribution < -0.4 is 15.3 Å². The van der Waals surface area contributed by atoms with E-state index in [4.69, 9.17) is 4.74 Å². The third-order valence-electron chi connectivity index (χ3n) is 9.14. The zero-order chi connectivity index (χ0) is 25.0. The Morgan fingerprint density at radius 2 is 2.00 bits per heavy atom.